The molecule has 0 saturated heterocycles. The molecule has 0 heterocycles. The molecule has 0 aromatic rings. The normalized spacial score (nSPS) is 23.4. The molecule has 1 heteroatoms. The van der Waals surface area contributed by atoms with Crippen molar-refractivity contribution in [2.45, 2.75) is 51.0 Å². The molecule has 1 aliphatic carbocycles. The van der Waals surface area contributed by atoms with Crippen LogP contribution in [0.3, 0.4) is 0 Å². The third kappa shape index (κ3) is 1.51. The summed E-state index contributed by atoms with van der Waals surface area (Å²) in [6, 6.07) is 0. The molecule has 1 rings (SSSR count). The van der Waals surface area contributed by atoms with Gasteiger partial charge in [0.05, 0.1) is 5.60 Å². The van der Waals surface area contributed by atoms with Crippen LogP contribution in [0, 0.1) is 0 Å². The summed E-state index contributed by atoms with van der Waals surface area (Å²) in [5, 5.41) is 0. The zero-order valence-corrected chi connectivity index (χ0v) is 7.15. The third-order valence-corrected chi connectivity index (χ3v) is 2.65. The van der Waals surface area contributed by atoms with E-state index in [1.54, 1.807) is 0 Å². The highest BCUT2D eigenvalue weighted by Crippen LogP contribution is 2.36. The van der Waals surface area contributed by atoms with Crippen LogP contribution in [0.4, 0.5) is 0 Å². The maximum Gasteiger partial charge on any atom is 0.0678 e. The third-order valence-electron chi connectivity index (χ3n) is 2.65. The molecular formula is C9H18O. The van der Waals surface area contributed by atoms with E-state index in [1.165, 1.54) is 38.5 Å². The molecule has 0 aromatic heterocycles. The lowest BCUT2D eigenvalue weighted by Crippen LogP contribution is -2.26. The number of hydrogen-bond donors (Lipinski definition) is 0. The second kappa shape index (κ2) is 3.38. The second-order valence-corrected chi connectivity index (χ2v) is 3.34. The van der Waals surface area contributed by atoms with Gasteiger partial charge in [-0.3, -0.25) is 0 Å². The molecule has 0 amide bonds. The molecule has 0 unspecified atom stereocenters. The molecule has 0 N–H and O–H groups in total. The van der Waals surface area contributed by atoms with Crippen molar-refractivity contribution < 1.29 is 4.74 Å². The van der Waals surface area contributed by atoms with Gasteiger partial charge in [-0.25, -0.2) is 0 Å². The summed E-state index contributed by atoms with van der Waals surface area (Å²) >= 11 is 0. The summed E-state index contributed by atoms with van der Waals surface area (Å²) in [6.45, 7) is 2.24. The van der Waals surface area contributed by atoms with Gasteiger partial charge in [-0.2, -0.15) is 0 Å². The number of hydrogen-bond acceptors (Lipinski definition) is 1. The van der Waals surface area contributed by atoms with Gasteiger partial charge in [0.2, 0.25) is 0 Å². The van der Waals surface area contributed by atoms with Crippen molar-refractivity contribution in [2.24, 2.45) is 0 Å². The summed E-state index contributed by atoms with van der Waals surface area (Å²) in [5.74, 6) is 0. The monoisotopic (exact) mass is 142 g/mol. The Kier molecular flexibility index (Phi) is 2.72. The first kappa shape index (κ1) is 8.06. The van der Waals surface area contributed by atoms with Gasteiger partial charge in [-0.05, 0) is 19.3 Å². The fraction of sp³-hybridized carbons (Fsp3) is 1.00. The van der Waals surface area contributed by atoms with E-state index in [9.17, 15) is 0 Å². The fourth-order valence-corrected chi connectivity index (χ4v) is 2.03. The van der Waals surface area contributed by atoms with Crippen molar-refractivity contribution in [3.8, 4) is 0 Å². The van der Waals surface area contributed by atoms with Crippen molar-refractivity contribution in [2.75, 3.05) is 7.11 Å². The van der Waals surface area contributed by atoms with Crippen LogP contribution in [0.25, 0.3) is 0 Å². The predicted molar refractivity (Wildman–Crippen MR) is 43.1 cm³/mol. The van der Waals surface area contributed by atoms with Crippen LogP contribution in [0.1, 0.15) is 45.4 Å². The zero-order chi connectivity index (χ0) is 7.45. The van der Waals surface area contributed by atoms with E-state index in [2.05, 4.69) is 6.92 Å². The highest BCUT2D eigenvalue weighted by atomic mass is 16.5. The Labute approximate surface area is 63.8 Å². The lowest BCUT2D eigenvalue weighted by molar-refractivity contribution is -0.0117. The number of rotatable bonds is 3. The zero-order valence-electron chi connectivity index (χ0n) is 7.15. The van der Waals surface area contributed by atoms with Gasteiger partial charge in [-0.1, -0.05) is 26.2 Å². The van der Waals surface area contributed by atoms with Gasteiger partial charge in [0, 0.05) is 7.11 Å². The Morgan fingerprint density at radius 1 is 1.30 bits per heavy atom. The topological polar surface area (TPSA) is 9.23 Å². The highest BCUT2D eigenvalue weighted by Gasteiger charge is 2.32. The Morgan fingerprint density at radius 3 is 2.30 bits per heavy atom. The Morgan fingerprint density at radius 2 is 1.90 bits per heavy atom. The molecular weight excluding hydrogens is 124 g/mol. The first-order valence-electron chi connectivity index (χ1n) is 4.38. The fourth-order valence-electron chi connectivity index (χ4n) is 2.03. The molecule has 0 bridgehead atoms. The van der Waals surface area contributed by atoms with Gasteiger partial charge >= 0.3 is 0 Å². The van der Waals surface area contributed by atoms with E-state index in [1.807, 2.05) is 7.11 Å². The molecule has 0 radical (unpaired) electrons. The van der Waals surface area contributed by atoms with Crippen molar-refractivity contribution in [1.82, 2.24) is 0 Å². The summed E-state index contributed by atoms with van der Waals surface area (Å²) in [5.41, 5.74) is 0.286. The standard InChI is InChI=1S/C9H18O/c1-3-6-9(10-2)7-4-5-8-9/h3-8H2,1-2H3. The summed E-state index contributed by atoms with van der Waals surface area (Å²) in [7, 11) is 1.86. The van der Waals surface area contributed by atoms with E-state index in [-0.39, 0.29) is 5.60 Å². The van der Waals surface area contributed by atoms with E-state index in [4.69, 9.17) is 4.74 Å². The van der Waals surface area contributed by atoms with Crippen molar-refractivity contribution in [3.05, 3.63) is 0 Å². The summed E-state index contributed by atoms with van der Waals surface area (Å²) in [6.07, 6.45) is 7.83. The molecule has 1 aliphatic rings. The molecule has 1 saturated carbocycles. The number of methoxy groups -OCH3 is 1. The molecule has 0 aliphatic heterocycles. The van der Waals surface area contributed by atoms with Crippen LogP contribution >= 0.6 is 0 Å². The second-order valence-electron chi connectivity index (χ2n) is 3.34. The van der Waals surface area contributed by atoms with Gasteiger partial charge in [0.15, 0.2) is 0 Å². The average Bonchev–Trinajstić information content (AvgIpc) is 2.39. The molecule has 1 fully saturated rings. The molecule has 60 valence electrons. The predicted octanol–water partition coefficient (Wildman–Crippen LogP) is 2.75. The van der Waals surface area contributed by atoms with Gasteiger partial charge in [-0.15, -0.1) is 0 Å². The lowest BCUT2D eigenvalue weighted by atomic mass is 9.96. The molecule has 0 atom stereocenters. The first-order valence-corrected chi connectivity index (χ1v) is 4.38. The van der Waals surface area contributed by atoms with Gasteiger partial charge in [0.1, 0.15) is 0 Å². The van der Waals surface area contributed by atoms with Crippen LogP contribution in [-0.2, 0) is 4.74 Å². The van der Waals surface area contributed by atoms with E-state index in [0.29, 0.717) is 0 Å². The lowest BCUT2D eigenvalue weighted by Gasteiger charge is -2.26. The van der Waals surface area contributed by atoms with E-state index in [0.717, 1.165) is 0 Å². The van der Waals surface area contributed by atoms with Crippen LogP contribution in [0.15, 0.2) is 0 Å². The Bertz CT molecular complexity index is 92.9. The minimum Gasteiger partial charge on any atom is -0.378 e. The maximum absolute atomic E-state index is 5.54. The highest BCUT2D eigenvalue weighted by molar-refractivity contribution is 4.85. The van der Waals surface area contributed by atoms with Crippen LogP contribution in [0.2, 0.25) is 0 Å². The Hall–Kier alpha value is -0.0400. The van der Waals surface area contributed by atoms with Crippen LogP contribution < -0.4 is 0 Å². The largest absolute Gasteiger partial charge is 0.378 e. The quantitative estimate of drug-likeness (QED) is 0.588. The summed E-state index contributed by atoms with van der Waals surface area (Å²) in [4.78, 5) is 0. The van der Waals surface area contributed by atoms with Crippen molar-refractivity contribution in [1.29, 1.82) is 0 Å². The molecule has 0 spiro atoms. The summed E-state index contributed by atoms with van der Waals surface area (Å²) < 4.78 is 5.54. The maximum atomic E-state index is 5.54. The van der Waals surface area contributed by atoms with Gasteiger partial charge < -0.3 is 4.74 Å². The van der Waals surface area contributed by atoms with E-state index >= 15 is 0 Å². The van der Waals surface area contributed by atoms with E-state index < -0.39 is 0 Å². The van der Waals surface area contributed by atoms with Crippen LogP contribution in [-0.4, -0.2) is 12.7 Å². The van der Waals surface area contributed by atoms with Crippen LogP contribution in [0.5, 0.6) is 0 Å². The molecule has 1 nitrogen and oxygen atoms in total. The number of ether oxygens (including phenoxy) is 1. The SMILES string of the molecule is CCCC1(OC)CCCC1. The molecule has 0 aromatic carbocycles. The van der Waals surface area contributed by atoms with Crippen molar-refractivity contribution >= 4 is 0 Å². The Balaban J connectivity index is 2.41. The average molecular weight is 142 g/mol. The molecule has 10 heavy (non-hydrogen) atoms. The minimum atomic E-state index is 0.286. The minimum absolute atomic E-state index is 0.286. The van der Waals surface area contributed by atoms with Gasteiger partial charge in [0.25, 0.3) is 0 Å². The smallest absolute Gasteiger partial charge is 0.0678 e. The first-order chi connectivity index (χ1) is 4.83. The van der Waals surface area contributed by atoms with Crippen molar-refractivity contribution in [3.63, 3.8) is 0 Å².